The maximum atomic E-state index is 13.0. The molecule has 30 heavy (non-hydrogen) atoms. The van der Waals surface area contributed by atoms with Crippen LogP contribution in [0.5, 0.6) is 5.75 Å². The number of benzene rings is 1. The predicted molar refractivity (Wildman–Crippen MR) is 115 cm³/mol. The van der Waals surface area contributed by atoms with E-state index in [-0.39, 0.29) is 5.91 Å². The zero-order valence-corrected chi connectivity index (χ0v) is 17.0. The van der Waals surface area contributed by atoms with Gasteiger partial charge in [0.2, 0.25) is 0 Å². The van der Waals surface area contributed by atoms with Gasteiger partial charge in [-0.25, -0.2) is 9.97 Å². The van der Waals surface area contributed by atoms with Crippen LogP contribution in [-0.2, 0) is 6.61 Å². The molecule has 5 rings (SSSR count). The monoisotopic (exact) mass is 420 g/mol. The first-order valence-electron chi connectivity index (χ1n) is 9.78. The summed E-state index contributed by atoms with van der Waals surface area (Å²) in [5, 5.41) is 0.950. The van der Waals surface area contributed by atoms with Crippen molar-refractivity contribution in [1.82, 2.24) is 14.9 Å². The fourth-order valence-corrected chi connectivity index (χ4v) is 4.41. The average Bonchev–Trinajstić information content (AvgIpc) is 3.45. The van der Waals surface area contributed by atoms with E-state index >= 15 is 0 Å². The summed E-state index contributed by atoms with van der Waals surface area (Å²) in [6, 6.07) is 15.2. The van der Waals surface area contributed by atoms with Crippen molar-refractivity contribution in [3.8, 4) is 5.75 Å². The highest BCUT2D eigenvalue weighted by Crippen LogP contribution is 2.28. The lowest BCUT2D eigenvalue weighted by atomic mass is 10.2. The Hall–Kier alpha value is -3.39. The van der Waals surface area contributed by atoms with E-state index in [1.54, 1.807) is 29.9 Å². The number of carbonyl (C=O) groups is 1. The van der Waals surface area contributed by atoms with Gasteiger partial charge in [0, 0.05) is 37.9 Å². The fraction of sp³-hybridized carbons (Fsp3) is 0.227. The second-order valence-corrected chi connectivity index (χ2v) is 7.94. The fourth-order valence-electron chi connectivity index (χ4n) is 3.45. The van der Waals surface area contributed by atoms with Crippen LogP contribution in [0, 0.1) is 0 Å². The number of furan rings is 1. The Kier molecular flexibility index (Phi) is 5.06. The molecule has 0 unspecified atom stereocenters. The molecule has 0 bridgehead atoms. The molecule has 1 aliphatic rings. The van der Waals surface area contributed by atoms with Crippen molar-refractivity contribution in [3.05, 3.63) is 72.3 Å². The third-order valence-corrected chi connectivity index (χ3v) is 6.11. The molecule has 7 nitrogen and oxygen atoms in total. The zero-order valence-electron chi connectivity index (χ0n) is 16.2. The van der Waals surface area contributed by atoms with Crippen LogP contribution in [-0.4, -0.2) is 47.0 Å². The van der Waals surface area contributed by atoms with Gasteiger partial charge in [-0.2, -0.15) is 0 Å². The van der Waals surface area contributed by atoms with Crippen LogP contribution in [0.4, 0.5) is 5.13 Å². The van der Waals surface area contributed by atoms with Crippen molar-refractivity contribution in [1.29, 1.82) is 0 Å². The Morgan fingerprint density at radius 1 is 1.07 bits per heavy atom. The summed E-state index contributed by atoms with van der Waals surface area (Å²) in [4.78, 5) is 27.0. The predicted octanol–water partition coefficient (Wildman–Crippen LogP) is 3.83. The van der Waals surface area contributed by atoms with Crippen molar-refractivity contribution in [2.75, 3.05) is 31.1 Å². The number of ether oxygens (including phenoxy) is 1. The van der Waals surface area contributed by atoms with Crippen LogP contribution in [0.15, 0.2) is 65.4 Å². The van der Waals surface area contributed by atoms with Crippen molar-refractivity contribution in [3.63, 3.8) is 0 Å². The molecule has 0 N–H and O–H groups in total. The van der Waals surface area contributed by atoms with Crippen LogP contribution in [0.25, 0.3) is 10.3 Å². The maximum absolute atomic E-state index is 13.0. The first-order valence-corrected chi connectivity index (χ1v) is 10.6. The third kappa shape index (κ3) is 3.73. The van der Waals surface area contributed by atoms with Crippen LogP contribution < -0.4 is 9.64 Å². The Morgan fingerprint density at radius 3 is 2.70 bits per heavy atom. The van der Waals surface area contributed by atoms with Crippen molar-refractivity contribution < 1.29 is 13.9 Å². The molecule has 8 heteroatoms. The van der Waals surface area contributed by atoms with E-state index < -0.39 is 0 Å². The van der Waals surface area contributed by atoms with Gasteiger partial charge in [0.1, 0.15) is 22.7 Å². The van der Waals surface area contributed by atoms with Crippen LogP contribution in [0.3, 0.4) is 0 Å². The number of carbonyl (C=O) groups excluding carboxylic acids is 1. The Balaban J connectivity index is 1.22. The number of amides is 1. The minimum absolute atomic E-state index is 0.0997. The second-order valence-electron chi connectivity index (χ2n) is 6.98. The normalized spacial score (nSPS) is 14.3. The molecule has 0 spiro atoms. The van der Waals surface area contributed by atoms with E-state index in [9.17, 15) is 4.79 Å². The standard InChI is InChI=1S/C22H20N4O3S/c27-21(19-16(8-14-28-19)15-29-17-5-2-1-3-6-17)25-10-12-26(13-11-25)22-24-18-7-4-9-23-20(18)30-22/h1-9,14H,10-13,15H2. The number of anilines is 1. The zero-order chi connectivity index (χ0) is 20.3. The maximum Gasteiger partial charge on any atom is 0.290 e. The van der Waals surface area contributed by atoms with Crippen LogP contribution >= 0.6 is 11.3 Å². The number of pyridine rings is 1. The van der Waals surface area contributed by atoms with Gasteiger partial charge in [0.25, 0.3) is 5.91 Å². The first-order chi connectivity index (χ1) is 14.8. The first kappa shape index (κ1) is 18.6. The van der Waals surface area contributed by atoms with E-state index in [1.165, 1.54) is 0 Å². The van der Waals surface area contributed by atoms with Crippen molar-refractivity contribution in [2.24, 2.45) is 0 Å². The number of piperazine rings is 1. The lowest BCUT2D eigenvalue weighted by molar-refractivity contribution is 0.0711. The molecule has 1 aromatic carbocycles. The summed E-state index contributed by atoms with van der Waals surface area (Å²) in [7, 11) is 0. The molecule has 1 fully saturated rings. The van der Waals surface area contributed by atoms with E-state index in [0.717, 1.165) is 39.9 Å². The highest BCUT2D eigenvalue weighted by Gasteiger charge is 2.27. The number of hydrogen-bond acceptors (Lipinski definition) is 7. The molecule has 1 amide bonds. The summed E-state index contributed by atoms with van der Waals surface area (Å²) in [5.41, 5.74) is 1.66. The van der Waals surface area contributed by atoms with E-state index in [1.807, 2.05) is 47.4 Å². The van der Waals surface area contributed by atoms with Gasteiger partial charge in [-0.1, -0.05) is 29.5 Å². The van der Waals surface area contributed by atoms with E-state index in [0.29, 0.717) is 25.5 Å². The highest BCUT2D eigenvalue weighted by molar-refractivity contribution is 7.21. The molecule has 0 radical (unpaired) electrons. The summed E-state index contributed by atoms with van der Waals surface area (Å²) in [5.74, 6) is 1.01. The topological polar surface area (TPSA) is 71.7 Å². The molecule has 0 atom stereocenters. The number of hydrogen-bond donors (Lipinski definition) is 0. The number of para-hydroxylation sites is 1. The molecule has 0 aliphatic carbocycles. The van der Waals surface area contributed by atoms with Gasteiger partial charge in [-0.15, -0.1) is 0 Å². The number of fused-ring (bicyclic) bond motifs is 1. The minimum Gasteiger partial charge on any atom is -0.489 e. The molecular weight excluding hydrogens is 400 g/mol. The quantitative estimate of drug-likeness (QED) is 0.489. The Morgan fingerprint density at radius 2 is 1.90 bits per heavy atom. The van der Waals surface area contributed by atoms with Gasteiger partial charge in [0.15, 0.2) is 10.9 Å². The average molecular weight is 420 g/mol. The summed E-state index contributed by atoms with van der Waals surface area (Å²) < 4.78 is 11.3. The van der Waals surface area contributed by atoms with E-state index in [4.69, 9.17) is 9.15 Å². The SMILES string of the molecule is O=C(c1occc1COc1ccccc1)N1CCN(c2nc3cccnc3s2)CC1. The minimum atomic E-state index is -0.0997. The Labute approximate surface area is 177 Å². The molecule has 4 heterocycles. The largest absolute Gasteiger partial charge is 0.489 e. The second kappa shape index (κ2) is 8.16. The van der Waals surface area contributed by atoms with E-state index in [2.05, 4.69) is 14.9 Å². The van der Waals surface area contributed by atoms with Crippen molar-refractivity contribution >= 4 is 32.7 Å². The highest BCUT2D eigenvalue weighted by atomic mass is 32.1. The summed E-state index contributed by atoms with van der Waals surface area (Å²) >= 11 is 1.58. The van der Waals surface area contributed by atoms with Gasteiger partial charge < -0.3 is 19.0 Å². The summed E-state index contributed by atoms with van der Waals surface area (Å²) in [6.45, 7) is 2.97. The lowest BCUT2D eigenvalue weighted by Gasteiger charge is -2.34. The molecule has 1 aliphatic heterocycles. The third-order valence-electron chi connectivity index (χ3n) is 5.07. The van der Waals surface area contributed by atoms with Crippen LogP contribution in [0.1, 0.15) is 16.1 Å². The molecular formula is C22H20N4O3S. The van der Waals surface area contributed by atoms with Crippen molar-refractivity contribution in [2.45, 2.75) is 6.61 Å². The lowest BCUT2D eigenvalue weighted by Crippen LogP contribution is -2.48. The summed E-state index contributed by atoms with van der Waals surface area (Å²) in [6.07, 6.45) is 3.32. The Bertz CT molecular complexity index is 1120. The van der Waals surface area contributed by atoms with Gasteiger partial charge in [-0.3, -0.25) is 4.79 Å². The number of thiazole rings is 1. The van der Waals surface area contributed by atoms with Gasteiger partial charge >= 0.3 is 0 Å². The van der Waals surface area contributed by atoms with Crippen LogP contribution in [0.2, 0.25) is 0 Å². The number of nitrogens with zero attached hydrogens (tertiary/aromatic N) is 4. The molecule has 0 saturated carbocycles. The molecule has 3 aromatic heterocycles. The number of aromatic nitrogens is 2. The number of rotatable bonds is 5. The van der Waals surface area contributed by atoms with Gasteiger partial charge in [0.05, 0.1) is 6.26 Å². The smallest absolute Gasteiger partial charge is 0.290 e. The molecule has 152 valence electrons. The van der Waals surface area contributed by atoms with Gasteiger partial charge in [-0.05, 0) is 30.3 Å². The molecule has 4 aromatic rings. The molecule has 1 saturated heterocycles.